The van der Waals surface area contributed by atoms with E-state index in [1.54, 1.807) is 0 Å². The molecular weight excluding hydrogens is 302 g/mol. The Morgan fingerprint density at radius 2 is 2.05 bits per heavy atom. The Morgan fingerprint density at radius 1 is 1.32 bits per heavy atom. The van der Waals surface area contributed by atoms with Crippen LogP contribution in [0.15, 0.2) is 24.3 Å². The van der Waals surface area contributed by atoms with Gasteiger partial charge in [0.25, 0.3) is 0 Å². The first-order valence-corrected chi connectivity index (χ1v) is 8.24. The third kappa shape index (κ3) is 4.07. The highest BCUT2D eigenvalue weighted by Gasteiger charge is 2.25. The molecule has 0 spiro atoms. The number of nitrogens with zero attached hydrogens (tertiary/aromatic N) is 1. The molecule has 0 N–H and O–H groups in total. The van der Waals surface area contributed by atoms with Gasteiger partial charge in [0.1, 0.15) is 0 Å². The Balaban J connectivity index is 1.99. The number of alkyl halides is 1. The zero-order valence-corrected chi connectivity index (χ0v) is 13.2. The zero-order valence-electron chi connectivity index (χ0n) is 11.6. The van der Waals surface area contributed by atoms with Crippen molar-refractivity contribution in [1.29, 1.82) is 0 Å². The second-order valence-corrected chi connectivity index (χ2v) is 6.17. The summed E-state index contributed by atoms with van der Waals surface area (Å²) in [7, 11) is 0. The number of halogens is 1. The van der Waals surface area contributed by atoms with Crippen molar-refractivity contribution in [3.05, 3.63) is 35.4 Å². The van der Waals surface area contributed by atoms with Gasteiger partial charge >= 0.3 is 0 Å². The molecule has 19 heavy (non-hydrogen) atoms. The van der Waals surface area contributed by atoms with Crippen LogP contribution in [0.4, 0.5) is 0 Å². The average molecular weight is 324 g/mol. The van der Waals surface area contributed by atoms with Crippen molar-refractivity contribution >= 4 is 21.8 Å². The Morgan fingerprint density at radius 3 is 2.74 bits per heavy atom. The van der Waals surface area contributed by atoms with Crippen LogP contribution in [-0.2, 0) is 11.2 Å². The van der Waals surface area contributed by atoms with E-state index in [2.05, 4.69) is 52.0 Å². The Hall–Kier alpha value is -0.830. The van der Waals surface area contributed by atoms with Crippen LogP contribution in [0.25, 0.3) is 0 Å². The lowest BCUT2D eigenvalue weighted by atomic mass is 9.99. The van der Waals surface area contributed by atoms with E-state index in [1.165, 1.54) is 12.0 Å². The molecule has 0 aromatic heterocycles. The number of hydrogen-bond donors (Lipinski definition) is 0. The molecular formula is C16H22BrNO. The van der Waals surface area contributed by atoms with Crippen molar-refractivity contribution in [2.45, 2.75) is 45.1 Å². The lowest BCUT2D eigenvalue weighted by Gasteiger charge is -2.35. The van der Waals surface area contributed by atoms with E-state index < -0.39 is 0 Å². The highest BCUT2D eigenvalue weighted by atomic mass is 79.9. The molecule has 2 nitrogen and oxygen atoms in total. The fraction of sp³-hybridized carbons (Fsp3) is 0.562. The van der Waals surface area contributed by atoms with Crippen LogP contribution in [0.1, 0.15) is 36.8 Å². The summed E-state index contributed by atoms with van der Waals surface area (Å²) in [6.07, 6.45) is 5.17. The lowest BCUT2D eigenvalue weighted by Crippen LogP contribution is -2.44. The molecule has 1 aromatic rings. The molecule has 0 radical (unpaired) electrons. The maximum absolute atomic E-state index is 12.4. The number of likely N-dealkylation sites (tertiary alicyclic amines) is 1. The molecule has 1 aliphatic rings. The van der Waals surface area contributed by atoms with E-state index >= 15 is 0 Å². The number of rotatable bonds is 4. The largest absolute Gasteiger partial charge is 0.339 e. The molecule has 1 saturated heterocycles. The Kier molecular flexibility index (Phi) is 5.44. The van der Waals surface area contributed by atoms with Gasteiger partial charge in [0.15, 0.2) is 0 Å². The maximum atomic E-state index is 12.4. The van der Waals surface area contributed by atoms with Crippen LogP contribution in [0.3, 0.4) is 0 Å². The minimum absolute atomic E-state index is 0.287. The van der Waals surface area contributed by atoms with Gasteiger partial charge < -0.3 is 4.90 Å². The third-order valence-electron chi connectivity index (χ3n) is 3.87. The first-order valence-electron chi connectivity index (χ1n) is 7.11. The SMILES string of the molecule is Cc1ccc(CC(=O)N2CCCCC2CCBr)cc1. The number of hydrogen-bond acceptors (Lipinski definition) is 1. The predicted octanol–water partition coefficient (Wildman–Crippen LogP) is 3.70. The Bertz CT molecular complexity index is 413. The van der Waals surface area contributed by atoms with Crippen molar-refractivity contribution in [2.24, 2.45) is 0 Å². The second kappa shape index (κ2) is 7.09. The summed E-state index contributed by atoms with van der Waals surface area (Å²) in [4.78, 5) is 14.6. The van der Waals surface area contributed by atoms with E-state index in [0.29, 0.717) is 12.5 Å². The molecule has 3 heteroatoms. The second-order valence-electron chi connectivity index (χ2n) is 5.38. The van der Waals surface area contributed by atoms with E-state index in [9.17, 15) is 4.79 Å². The third-order valence-corrected chi connectivity index (χ3v) is 4.32. The minimum Gasteiger partial charge on any atom is -0.339 e. The van der Waals surface area contributed by atoms with Gasteiger partial charge in [0.05, 0.1) is 6.42 Å². The van der Waals surface area contributed by atoms with E-state index in [-0.39, 0.29) is 5.91 Å². The van der Waals surface area contributed by atoms with Gasteiger partial charge in [-0.2, -0.15) is 0 Å². The summed E-state index contributed by atoms with van der Waals surface area (Å²) in [5.74, 6) is 0.287. The lowest BCUT2D eigenvalue weighted by molar-refractivity contribution is -0.134. The maximum Gasteiger partial charge on any atom is 0.227 e. The summed E-state index contributed by atoms with van der Waals surface area (Å²) in [6, 6.07) is 8.72. The summed E-state index contributed by atoms with van der Waals surface area (Å²) in [6.45, 7) is 3.00. The number of benzene rings is 1. The van der Waals surface area contributed by atoms with Crippen LogP contribution < -0.4 is 0 Å². The molecule has 1 aromatic carbocycles. The Labute approximate surface area is 124 Å². The quantitative estimate of drug-likeness (QED) is 0.773. The molecule has 1 atom stereocenters. The van der Waals surface area contributed by atoms with Crippen molar-refractivity contribution in [2.75, 3.05) is 11.9 Å². The number of aryl methyl sites for hydroxylation is 1. The molecule has 1 fully saturated rings. The van der Waals surface area contributed by atoms with Crippen LogP contribution in [0.5, 0.6) is 0 Å². The summed E-state index contributed by atoms with van der Waals surface area (Å²) >= 11 is 3.50. The fourth-order valence-corrected chi connectivity index (χ4v) is 3.27. The molecule has 0 saturated carbocycles. The topological polar surface area (TPSA) is 20.3 Å². The predicted molar refractivity (Wildman–Crippen MR) is 82.6 cm³/mol. The molecule has 1 unspecified atom stereocenters. The van der Waals surface area contributed by atoms with Gasteiger partial charge in [-0.15, -0.1) is 0 Å². The van der Waals surface area contributed by atoms with Crippen molar-refractivity contribution in [3.63, 3.8) is 0 Å². The van der Waals surface area contributed by atoms with Gasteiger partial charge in [0, 0.05) is 17.9 Å². The molecule has 1 amide bonds. The van der Waals surface area contributed by atoms with Gasteiger partial charge in [-0.25, -0.2) is 0 Å². The van der Waals surface area contributed by atoms with Crippen LogP contribution in [0.2, 0.25) is 0 Å². The van der Waals surface area contributed by atoms with E-state index in [1.807, 2.05) is 0 Å². The summed E-state index contributed by atoms with van der Waals surface area (Å²) < 4.78 is 0. The molecule has 1 aliphatic heterocycles. The monoisotopic (exact) mass is 323 g/mol. The summed E-state index contributed by atoms with van der Waals surface area (Å²) in [5, 5.41) is 0.978. The van der Waals surface area contributed by atoms with Crippen LogP contribution in [0, 0.1) is 6.92 Å². The molecule has 0 bridgehead atoms. The van der Waals surface area contributed by atoms with Crippen molar-refractivity contribution < 1.29 is 4.79 Å². The number of carbonyl (C=O) groups excluding carboxylic acids is 1. The molecule has 104 valence electrons. The average Bonchev–Trinajstić information content (AvgIpc) is 2.42. The van der Waals surface area contributed by atoms with Crippen LogP contribution >= 0.6 is 15.9 Å². The van der Waals surface area contributed by atoms with Gasteiger partial charge in [-0.05, 0) is 38.2 Å². The standard InChI is InChI=1S/C16H22BrNO/c1-13-5-7-14(8-6-13)12-16(19)18-11-3-2-4-15(18)9-10-17/h5-8,15H,2-4,9-12H2,1H3. The molecule has 0 aliphatic carbocycles. The van der Waals surface area contributed by atoms with Gasteiger partial charge in [-0.1, -0.05) is 45.8 Å². The van der Waals surface area contributed by atoms with Crippen molar-refractivity contribution in [3.8, 4) is 0 Å². The fourth-order valence-electron chi connectivity index (χ4n) is 2.74. The smallest absolute Gasteiger partial charge is 0.227 e. The number of piperidine rings is 1. The molecule has 1 heterocycles. The van der Waals surface area contributed by atoms with Gasteiger partial charge in [0.2, 0.25) is 5.91 Å². The normalized spacial score (nSPS) is 19.5. The minimum atomic E-state index is 0.287. The number of carbonyl (C=O) groups is 1. The first kappa shape index (κ1) is 14.6. The number of amides is 1. The zero-order chi connectivity index (χ0) is 13.7. The highest BCUT2D eigenvalue weighted by molar-refractivity contribution is 9.09. The highest BCUT2D eigenvalue weighted by Crippen LogP contribution is 2.21. The van der Waals surface area contributed by atoms with Crippen LogP contribution in [-0.4, -0.2) is 28.7 Å². The van der Waals surface area contributed by atoms with E-state index in [0.717, 1.165) is 36.7 Å². The first-order chi connectivity index (χ1) is 9.20. The van der Waals surface area contributed by atoms with E-state index in [4.69, 9.17) is 0 Å². The van der Waals surface area contributed by atoms with Crippen molar-refractivity contribution in [1.82, 2.24) is 4.90 Å². The van der Waals surface area contributed by atoms with Gasteiger partial charge in [-0.3, -0.25) is 4.79 Å². The summed E-state index contributed by atoms with van der Waals surface area (Å²) in [5.41, 5.74) is 2.37. The molecule has 2 rings (SSSR count).